The lowest BCUT2D eigenvalue weighted by atomic mass is 10.1. The molecule has 9 heteroatoms. The summed E-state index contributed by atoms with van der Waals surface area (Å²) in [5.41, 5.74) is 3.17. The monoisotopic (exact) mass is 532 g/mol. The van der Waals surface area contributed by atoms with Crippen molar-refractivity contribution < 1.29 is 28.6 Å². The van der Waals surface area contributed by atoms with Gasteiger partial charge in [0.25, 0.3) is 17.1 Å². The summed E-state index contributed by atoms with van der Waals surface area (Å²) in [6.45, 7) is 4.29. The SMILES string of the molecule is CCOc1ccccc1NC(=O)COc1ccc(/C=C2\SC(=O)N(Cc3cccc(C)c3)C2=O)cc1OC. The Bertz CT molecular complexity index is 1390. The van der Waals surface area contributed by atoms with Gasteiger partial charge in [0.2, 0.25) is 0 Å². The number of nitrogens with one attached hydrogen (secondary N) is 1. The highest BCUT2D eigenvalue weighted by Gasteiger charge is 2.35. The quantitative estimate of drug-likeness (QED) is 0.337. The highest BCUT2D eigenvalue weighted by molar-refractivity contribution is 8.18. The summed E-state index contributed by atoms with van der Waals surface area (Å²) < 4.78 is 16.7. The third-order valence-electron chi connectivity index (χ3n) is 5.60. The van der Waals surface area contributed by atoms with Crippen LogP contribution in [-0.2, 0) is 16.1 Å². The van der Waals surface area contributed by atoms with Crippen molar-refractivity contribution in [2.45, 2.75) is 20.4 Å². The third-order valence-corrected chi connectivity index (χ3v) is 6.51. The fourth-order valence-electron chi connectivity index (χ4n) is 3.85. The largest absolute Gasteiger partial charge is 0.493 e. The van der Waals surface area contributed by atoms with Gasteiger partial charge in [-0.15, -0.1) is 0 Å². The molecule has 0 aromatic heterocycles. The van der Waals surface area contributed by atoms with Gasteiger partial charge in [-0.2, -0.15) is 0 Å². The molecule has 1 saturated heterocycles. The number of amides is 3. The van der Waals surface area contributed by atoms with E-state index in [1.165, 1.54) is 12.0 Å². The van der Waals surface area contributed by atoms with Gasteiger partial charge in [0.1, 0.15) is 5.75 Å². The van der Waals surface area contributed by atoms with Crippen LogP contribution >= 0.6 is 11.8 Å². The summed E-state index contributed by atoms with van der Waals surface area (Å²) in [4.78, 5) is 39.5. The molecular weight excluding hydrogens is 504 g/mol. The average molecular weight is 533 g/mol. The molecule has 0 bridgehead atoms. The average Bonchev–Trinajstić information content (AvgIpc) is 3.16. The molecule has 1 N–H and O–H groups in total. The van der Waals surface area contributed by atoms with Gasteiger partial charge in [-0.3, -0.25) is 19.3 Å². The zero-order valence-electron chi connectivity index (χ0n) is 21.4. The normalized spacial score (nSPS) is 14.1. The summed E-state index contributed by atoms with van der Waals surface area (Å²) in [6.07, 6.45) is 1.64. The van der Waals surface area contributed by atoms with Crippen molar-refractivity contribution in [3.63, 3.8) is 0 Å². The van der Waals surface area contributed by atoms with E-state index in [0.717, 1.165) is 22.9 Å². The maximum atomic E-state index is 12.9. The van der Waals surface area contributed by atoms with Crippen LogP contribution in [0.2, 0.25) is 0 Å². The molecule has 0 unspecified atom stereocenters. The first-order valence-corrected chi connectivity index (χ1v) is 12.8. The fourth-order valence-corrected chi connectivity index (χ4v) is 4.69. The Morgan fingerprint density at radius 1 is 0.974 bits per heavy atom. The van der Waals surface area contributed by atoms with Gasteiger partial charge in [-0.05, 0) is 67.1 Å². The summed E-state index contributed by atoms with van der Waals surface area (Å²) in [7, 11) is 1.49. The minimum Gasteiger partial charge on any atom is -0.493 e. The number of aryl methyl sites for hydroxylation is 1. The molecule has 8 nitrogen and oxygen atoms in total. The van der Waals surface area contributed by atoms with Crippen molar-refractivity contribution in [2.75, 3.05) is 25.6 Å². The van der Waals surface area contributed by atoms with Crippen molar-refractivity contribution in [3.8, 4) is 17.2 Å². The number of benzene rings is 3. The molecule has 4 rings (SSSR count). The molecule has 1 heterocycles. The second-order valence-corrected chi connectivity index (χ2v) is 9.43. The molecule has 1 aliphatic rings. The number of methoxy groups -OCH3 is 1. The Balaban J connectivity index is 1.41. The van der Waals surface area contributed by atoms with Crippen LogP contribution < -0.4 is 19.5 Å². The first-order chi connectivity index (χ1) is 18.4. The van der Waals surface area contributed by atoms with Crippen LogP contribution in [0.3, 0.4) is 0 Å². The molecule has 0 saturated carbocycles. The van der Waals surface area contributed by atoms with E-state index in [2.05, 4.69) is 5.32 Å². The number of para-hydroxylation sites is 2. The number of anilines is 1. The van der Waals surface area contributed by atoms with E-state index in [1.807, 2.05) is 44.2 Å². The smallest absolute Gasteiger partial charge is 0.293 e. The van der Waals surface area contributed by atoms with Crippen LogP contribution in [0.25, 0.3) is 6.08 Å². The van der Waals surface area contributed by atoms with E-state index >= 15 is 0 Å². The number of nitrogens with zero attached hydrogens (tertiary/aromatic N) is 1. The predicted molar refractivity (Wildman–Crippen MR) is 147 cm³/mol. The highest BCUT2D eigenvalue weighted by atomic mass is 32.2. The Morgan fingerprint density at radius 2 is 1.79 bits per heavy atom. The molecule has 3 aromatic rings. The second kappa shape index (κ2) is 12.3. The molecule has 0 aliphatic carbocycles. The second-order valence-electron chi connectivity index (χ2n) is 8.43. The fraction of sp³-hybridized carbons (Fsp3) is 0.207. The Kier molecular flexibility index (Phi) is 8.70. The molecular formula is C29H28N2O6S. The van der Waals surface area contributed by atoms with E-state index in [9.17, 15) is 14.4 Å². The van der Waals surface area contributed by atoms with E-state index in [-0.39, 0.29) is 30.2 Å². The number of hydrogen-bond acceptors (Lipinski definition) is 7. The van der Waals surface area contributed by atoms with Crippen molar-refractivity contribution in [3.05, 3.63) is 88.3 Å². The van der Waals surface area contributed by atoms with E-state index in [0.29, 0.717) is 40.0 Å². The van der Waals surface area contributed by atoms with Crippen molar-refractivity contribution in [1.82, 2.24) is 4.90 Å². The summed E-state index contributed by atoms with van der Waals surface area (Å²) in [6, 6.07) is 19.9. The predicted octanol–water partition coefficient (Wildman–Crippen LogP) is 5.66. The van der Waals surface area contributed by atoms with E-state index in [4.69, 9.17) is 14.2 Å². The number of carbonyl (C=O) groups excluding carboxylic acids is 3. The van der Waals surface area contributed by atoms with Crippen LogP contribution in [0.1, 0.15) is 23.6 Å². The molecule has 0 radical (unpaired) electrons. The number of hydrogen-bond donors (Lipinski definition) is 1. The molecule has 38 heavy (non-hydrogen) atoms. The Labute approximate surface area is 225 Å². The van der Waals surface area contributed by atoms with Gasteiger partial charge in [0, 0.05) is 0 Å². The maximum Gasteiger partial charge on any atom is 0.293 e. The maximum absolute atomic E-state index is 12.9. The number of carbonyl (C=O) groups is 3. The van der Waals surface area contributed by atoms with Gasteiger partial charge in [-0.25, -0.2) is 0 Å². The summed E-state index contributed by atoms with van der Waals surface area (Å²) in [5.74, 6) is 0.634. The first-order valence-electron chi connectivity index (χ1n) is 12.0. The molecule has 3 amide bonds. The number of ether oxygens (including phenoxy) is 3. The van der Waals surface area contributed by atoms with Gasteiger partial charge < -0.3 is 19.5 Å². The van der Waals surface area contributed by atoms with Crippen LogP contribution in [0.5, 0.6) is 17.2 Å². The lowest BCUT2D eigenvalue weighted by molar-refractivity contribution is -0.123. The molecule has 0 spiro atoms. The Hall–Kier alpha value is -4.24. The highest BCUT2D eigenvalue weighted by Crippen LogP contribution is 2.35. The summed E-state index contributed by atoms with van der Waals surface area (Å²) >= 11 is 0.901. The van der Waals surface area contributed by atoms with E-state index < -0.39 is 0 Å². The van der Waals surface area contributed by atoms with Crippen LogP contribution in [0, 0.1) is 6.92 Å². The first kappa shape index (κ1) is 26.8. The summed E-state index contributed by atoms with van der Waals surface area (Å²) in [5, 5.41) is 2.47. The van der Waals surface area contributed by atoms with Crippen molar-refractivity contribution in [2.24, 2.45) is 0 Å². The molecule has 0 atom stereocenters. The standard InChI is InChI=1S/C29H28N2O6S/c1-4-36-23-11-6-5-10-22(23)30-27(32)18-37-24-13-12-20(15-25(24)35-3)16-26-28(33)31(29(34)38-26)17-21-9-7-8-19(2)14-21/h5-16H,4,17-18H2,1-3H3,(H,30,32)/b26-16-. The van der Waals surface area contributed by atoms with Gasteiger partial charge in [0.15, 0.2) is 18.1 Å². The third kappa shape index (κ3) is 6.54. The van der Waals surface area contributed by atoms with Gasteiger partial charge >= 0.3 is 0 Å². The minimum atomic E-state index is -0.356. The van der Waals surface area contributed by atoms with Crippen LogP contribution in [-0.4, -0.2) is 42.3 Å². The van der Waals surface area contributed by atoms with Gasteiger partial charge in [0.05, 0.1) is 30.9 Å². The van der Waals surface area contributed by atoms with Gasteiger partial charge in [-0.1, -0.05) is 48.0 Å². The number of rotatable bonds is 10. The van der Waals surface area contributed by atoms with Crippen LogP contribution in [0.4, 0.5) is 10.5 Å². The topological polar surface area (TPSA) is 94.2 Å². The lowest BCUT2D eigenvalue weighted by Gasteiger charge is -2.13. The Morgan fingerprint density at radius 3 is 2.55 bits per heavy atom. The van der Waals surface area contributed by atoms with E-state index in [1.54, 1.807) is 42.5 Å². The van der Waals surface area contributed by atoms with Crippen LogP contribution in [0.15, 0.2) is 71.6 Å². The molecule has 1 fully saturated rings. The molecule has 3 aromatic carbocycles. The zero-order chi connectivity index (χ0) is 27.1. The molecule has 1 aliphatic heterocycles. The molecule has 196 valence electrons. The van der Waals surface area contributed by atoms with Crippen molar-refractivity contribution >= 4 is 40.6 Å². The minimum absolute atomic E-state index is 0.219. The number of imide groups is 1. The zero-order valence-corrected chi connectivity index (χ0v) is 22.2. The lowest BCUT2D eigenvalue weighted by Crippen LogP contribution is -2.27. The van der Waals surface area contributed by atoms with Crippen molar-refractivity contribution in [1.29, 1.82) is 0 Å². The number of thioether (sulfide) groups is 1.